The van der Waals surface area contributed by atoms with E-state index in [0.717, 1.165) is 29.4 Å². The van der Waals surface area contributed by atoms with Crippen molar-refractivity contribution in [3.8, 4) is 0 Å². The number of rotatable bonds is 7. The highest BCUT2D eigenvalue weighted by atomic mass is 14.7. The molecule has 2 aliphatic rings. The van der Waals surface area contributed by atoms with Crippen LogP contribution in [0.15, 0.2) is 42.6 Å². The highest BCUT2D eigenvalue weighted by molar-refractivity contribution is 5.68. The van der Waals surface area contributed by atoms with Crippen molar-refractivity contribution >= 4 is 12.2 Å². The van der Waals surface area contributed by atoms with Gasteiger partial charge in [-0.2, -0.15) is 0 Å². The standard InChI is InChI=1S/C30H41N/c1-3-5-24-8-15-26(16-9-24)27-17-10-25(11-18-27)12-20-30-21-19-29(22-31-30)28-13-6-23(4-2)7-14-28/h10-12,17-24,26,28H,3-9,13-16H2,1-2H3/b20-12-. The molecule has 0 unspecified atom stereocenters. The molecule has 2 fully saturated rings. The van der Waals surface area contributed by atoms with Crippen LogP contribution < -0.4 is 0 Å². The molecule has 0 bridgehead atoms. The van der Waals surface area contributed by atoms with Crippen LogP contribution in [-0.2, 0) is 0 Å². The van der Waals surface area contributed by atoms with Crippen LogP contribution in [0.5, 0.6) is 0 Å². The van der Waals surface area contributed by atoms with E-state index in [1.165, 1.54) is 87.3 Å². The van der Waals surface area contributed by atoms with Gasteiger partial charge in [0.05, 0.1) is 5.69 Å². The maximum atomic E-state index is 4.73. The van der Waals surface area contributed by atoms with Gasteiger partial charge in [-0.1, -0.05) is 69.5 Å². The number of nitrogens with zero attached hydrogens (tertiary/aromatic N) is 1. The minimum atomic E-state index is 0.720. The minimum Gasteiger partial charge on any atom is -0.257 e. The van der Waals surface area contributed by atoms with E-state index in [9.17, 15) is 0 Å². The third-order valence-electron chi connectivity index (χ3n) is 8.10. The topological polar surface area (TPSA) is 12.9 Å². The Kier molecular flexibility index (Phi) is 8.00. The molecule has 31 heavy (non-hydrogen) atoms. The van der Waals surface area contributed by atoms with Gasteiger partial charge in [-0.25, -0.2) is 0 Å². The van der Waals surface area contributed by atoms with Crippen LogP contribution in [0.1, 0.15) is 119 Å². The van der Waals surface area contributed by atoms with Crippen LogP contribution in [0.3, 0.4) is 0 Å². The SMILES string of the molecule is CCCC1CCC(c2ccc(/C=C\c3ccc(C4CCC(CC)CC4)cn3)cc2)CC1. The molecular weight excluding hydrogens is 374 g/mol. The van der Waals surface area contributed by atoms with Gasteiger partial charge < -0.3 is 0 Å². The van der Waals surface area contributed by atoms with Crippen LogP contribution in [-0.4, -0.2) is 4.98 Å². The van der Waals surface area contributed by atoms with Gasteiger partial charge in [-0.3, -0.25) is 4.98 Å². The number of aromatic nitrogens is 1. The summed E-state index contributed by atoms with van der Waals surface area (Å²) in [6, 6.07) is 13.8. The van der Waals surface area contributed by atoms with Crippen molar-refractivity contribution in [1.29, 1.82) is 0 Å². The fourth-order valence-electron chi connectivity index (χ4n) is 5.91. The smallest absolute Gasteiger partial charge is 0.0630 e. The normalized spacial score (nSPS) is 26.9. The Morgan fingerprint density at radius 3 is 1.90 bits per heavy atom. The summed E-state index contributed by atoms with van der Waals surface area (Å²) in [5.41, 5.74) is 5.30. The monoisotopic (exact) mass is 415 g/mol. The molecule has 0 N–H and O–H groups in total. The molecule has 0 spiro atoms. The lowest BCUT2D eigenvalue weighted by Crippen LogP contribution is -2.13. The van der Waals surface area contributed by atoms with E-state index < -0.39 is 0 Å². The summed E-state index contributed by atoms with van der Waals surface area (Å²) >= 11 is 0. The first-order valence-corrected chi connectivity index (χ1v) is 13.0. The Balaban J connectivity index is 1.30. The molecule has 0 radical (unpaired) electrons. The lowest BCUT2D eigenvalue weighted by molar-refractivity contribution is 0.308. The van der Waals surface area contributed by atoms with Gasteiger partial charge in [-0.05, 0) is 104 Å². The molecule has 166 valence electrons. The van der Waals surface area contributed by atoms with Crippen molar-refractivity contribution < 1.29 is 0 Å². The molecule has 2 aliphatic carbocycles. The van der Waals surface area contributed by atoms with Crippen LogP contribution in [0.25, 0.3) is 12.2 Å². The predicted octanol–water partition coefficient (Wildman–Crippen LogP) is 9.01. The van der Waals surface area contributed by atoms with Gasteiger partial charge in [0.15, 0.2) is 0 Å². The molecule has 0 atom stereocenters. The molecule has 0 amide bonds. The molecule has 1 nitrogen and oxygen atoms in total. The molecule has 0 aliphatic heterocycles. The summed E-state index contributed by atoms with van der Waals surface area (Å²) < 4.78 is 0. The van der Waals surface area contributed by atoms with Crippen molar-refractivity contribution in [3.63, 3.8) is 0 Å². The summed E-state index contributed by atoms with van der Waals surface area (Å²) in [5, 5.41) is 0. The van der Waals surface area contributed by atoms with E-state index >= 15 is 0 Å². The fourth-order valence-corrected chi connectivity index (χ4v) is 5.91. The molecule has 2 saturated carbocycles. The quantitative estimate of drug-likeness (QED) is 0.439. The zero-order chi connectivity index (χ0) is 21.5. The van der Waals surface area contributed by atoms with Gasteiger partial charge in [0, 0.05) is 6.20 Å². The lowest BCUT2D eigenvalue weighted by atomic mass is 9.77. The highest BCUT2D eigenvalue weighted by Crippen LogP contribution is 2.38. The maximum absolute atomic E-state index is 4.73. The third-order valence-corrected chi connectivity index (χ3v) is 8.10. The number of hydrogen-bond donors (Lipinski definition) is 0. The number of benzene rings is 1. The molecule has 1 heteroatoms. The maximum Gasteiger partial charge on any atom is 0.0630 e. The van der Waals surface area contributed by atoms with Crippen LogP contribution in [0.4, 0.5) is 0 Å². The van der Waals surface area contributed by atoms with Gasteiger partial charge in [-0.15, -0.1) is 0 Å². The van der Waals surface area contributed by atoms with Gasteiger partial charge in [0.1, 0.15) is 0 Å². The number of pyridine rings is 1. The lowest BCUT2D eigenvalue weighted by Gasteiger charge is -2.28. The predicted molar refractivity (Wildman–Crippen MR) is 134 cm³/mol. The molecule has 2 aromatic rings. The molecule has 4 rings (SSSR count). The largest absolute Gasteiger partial charge is 0.257 e. The first-order valence-electron chi connectivity index (χ1n) is 13.0. The summed E-state index contributed by atoms with van der Waals surface area (Å²) in [6.07, 6.45) is 21.6. The van der Waals surface area contributed by atoms with E-state index in [-0.39, 0.29) is 0 Å². The van der Waals surface area contributed by atoms with Crippen molar-refractivity contribution in [3.05, 3.63) is 65.0 Å². The molecule has 1 heterocycles. The average Bonchev–Trinajstić information content (AvgIpc) is 2.84. The van der Waals surface area contributed by atoms with E-state index in [2.05, 4.69) is 68.6 Å². The first kappa shape index (κ1) is 22.3. The van der Waals surface area contributed by atoms with Gasteiger partial charge in [0.2, 0.25) is 0 Å². The second-order valence-corrected chi connectivity index (χ2v) is 10.1. The number of hydrogen-bond acceptors (Lipinski definition) is 1. The summed E-state index contributed by atoms with van der Waals surface area (Å²) in [5.74, 6) is 3.42. The van der Waals surface area contributed by atoms with Gasteiger partial charge in [0.25, 0.3) is 0 Å². The van der Waals surface area contributed by atoms with Crippen molar-refractivity contribution in [1.82, 2.24) is 4.98 Å². The van der Waals surface area contributed by atoms with Crippen molar-refractivity contribution in [2.75, 3.05) is 0 Å². The van der Waals surface area contributed by atoms with Gasteiger partial charge >= 0.3 is 0 Å². The summed E-state index contributed by atoms with van der Waals surface area (Å²) in [6.45, 7) is 4.65. The Morgan fingerprint density at radius 2 is 1.32 bits per heavy atom. The van der Waals surface area contributed by atoms with E-state index in [1.807, 2.05) is 0 Å². The average molecular weight is 416 g/mol. The fraction of sp³-hybridized carbons (Fsp3) is 0.567. The zero-order valence-corrected chi connectivity index (χ0v) is 19.7. The Morgan fingerprint density at radius 1 is 0.710 bits per heavy atom. The van der Waals surface area contributed by atoms with Crippen LogP contribution >= 0.6 is 0 Å². The van der Waals surface area contributed by atoms with Crippen LogP contribution in [0, 0.1) is 11.8 Å². The van der Waals surface area contributed by atoms with E-state index in [1.54, 1.807) is 0 Å². The highest BCUT2D eigenvalue weighted by Gasteiger charge is 2.22. The first-order chi connectivity index (χ1) is 15.2. The van der Waals surface area contributed by atoms with E-state index in [4.69, 9.17) is 4.98 Å². The van der Waals surface area contributed by atoms with Crippen molar-refractivity contribution in [2.24, 2.45) is 11.8 Å². The van der Waals surface area contributed by atoms with E-state index in [0.29, 0.717) is 0 Å². The molecular formula is C30H41N. The third kappa shape index (κ3) is 6.09. The van der Waals surface area contributed by atoms with Crippen molar-refractivity contribution in [2.45, 2.75) is 96.3 Å². The second kappa shape index (κ2) is 11.1. The summed E-state index contributed by atoms with van der Waals surface area (Å²) in [4.78, 5) is 4.73. The second-order valence-electron chi connectivity index (χ2n) is 10.1. The Bertz CT molecular complexity index is 800. The molecule has 1 aromatic carbocycles. The Labute approximate surface area is 190 Å². The molecule has 1 aromatic heterocycles. The van der Waals surface area contributed by atoms with Crippen LogP contribution in [0.2, 0.25) is 0 Å². The molecule has 0 saturated heterocycles. The minimum absolute atomic E-state index is 0.720. The zero-order valence-electron chi connectivity index (χ0n) is 19.7. The summed E-state index contributed by atoms with van der Waals surface area (Å²) in [7, 11) is 0. The Hall–Kier alpha value is -1.89.